The maximum atomic E-state index is 6.02. The number of aromatic nitrogens is 2. The number of fused-ring (bicyclic) bond motifs is 1. The van der Waals surface area contributed by atoms with E-state index in [1.807, 2.05) is 42.5 Å². The molecular formula is C21H22ClN3. The van der Waals surface area contributed by atoms with Crippen LogP contribution in [0.15, 0.2) is 48.5 Å². The molecule has 3 aromatic rings. The number of nitrogens with zero attached hydrogens (tertiary/aromatic N) is 2. The van der Waals surface area contributed by atoms with Crippen molar-refractivity contribution < 1.29 is 0 Å². The van der Waals surface area contributed by atoms with Crippen LogP contribution in [-0.2, 0) is 0 Å². The van der Waals surface area contributed by atoms with Gasteiger partial charge in [-0.25, -0.2) is 9.97 Å². The summed E-state index contributed by atoms with van der Waals surface area (Å²) in [7, 11) is 0. The molecule has 1 aromatic heterocycles. The third-order valence-corrected chi connectivity index (χ3v) is 5.39. The molecule has 1 N–H and O–H groups in total. The predicted octanol–water partition coefficient (Wildman–Crippen LogP) is 5.94. The minimum Gasteiger partial charge on any atom is -0.366 e. The van der Waals surface area contributed by atoms with Gasteiger partial charge in [-0.3, -0.25) is 0 Å². The standard InChI is InChI=1S/C21H22ClN3/c1-14-6-2-4-8-18(14)23-21-17-7-3-5-9-19(17)24-20(25-21)15-10-12-16(22)13-11-15/h3,5,7,9-14,18H,2,4,6,8H2,1H3,(H,23,24,25)/t14-,18-/m1/s1. The molecule has 0 unspecified atom stereocenters. The Labute approximate surface area is 153 Å². The highest BCUT2D eigenvalue weighted by atomic mass is 35.5. The van der Waals surface area contributed by atoms with Crippen LogP contribution in [0.25, 0.3) is 22.3 Å². The van der Waals surface area contributed by atoms with Crippen LogP contribution in [0.3, 0.4) is 0 Å². The number of rotatable bonds is 3. The maximum absolute atomic E-state index is 6.02. The van der Waals surface area contributed by atoms with Crippen LogP contribution >= 0.6 is 11.6 Å². The van der Waals surface area contributed by atoms with Crippen LogP contribution in [0.5, 0.6) is 0 Å². The average molecular weight is 352 g/mol. The topological polar surface area (TPSA) is 37.8 Å². The van der Waals surface area contributed by atoms with E-state index in [1.165, 1.54) is 25.7 Å². The van der Waals surface area contributed by atoms with Crippen molar-refractivity contribution in [2.45, 2.75) is 38.6 Å². The Morgan fingerprint density at radius 2 is 1.72 bits per heavy atom. The number of hydrogen-bond donors (Lipinski definition) is 1. The van der Waals surface area contributed by atoms with Crippen molar-refractivity contribution >= 4 is 28.3 Å². The fourth-order valence-corrected chi connectivity index (χ4v) is 3.75. The number of anilines is 1. The SMILES string of the molecule is C[C@@H]1CCCC[C@H]1Nc1nc(-c2ccc(Cl)cc2)nc2ccccc12. The lowest BCUT2D eigenvalue weighted by Gasteiger charge is -2.30. The highest BCUT2D eigenvalue weighted by Crippen LogP contribution is 2.30. The quantitative estimate of drug-likeness (QED) is 0.634. The molecule has 0 radical (unpaired) electrons. The Balaban J connectivity index is 1.77. The van der Waals surface area contributed by atoms with Gasteiger partial charge in [0, 0.05) is 22.0 Å². The van der Waals surface area contributed by atoms with E-state index in [0.29, 0.717) is 12.0 Å². The number of para-hydroxylation sites is 1. The van der Waals surface area contributed by atoms with Crippen molar-refractivity contribution in [3.05, 3.63) is 53.6 Å². The minimum atomic E-state index is 0.477. The number of halogens is 1. The molecule has 25 heavy (non-hydrogen) atoms. The van der Waals surface area contributed by atoms with Gasteiger partial charge in [-0.1, -0.05) is 43.5 Å². The van der Waals surface area contributed by atoms with Crippen molar-refractivity contribution in [1.82, 2.24) is 9.97 Å². The third kappa shape index (κ3) is 3.47. The molecule has 4 heteroatoms. The van der Waals surface area contributed by atoms with Gasteiger partial charge in [-0.15, -0.1) is 0 Å². The second-order valence-electron chi connectivity index (χ2n) is 6.93. The van der Waals surface area contributed by atoms with Gasteiger partial charge in [0.2, 0.25) is 0 Å². The molecule has 2 aromatic carbocycles. The van der Waals surface area contributed by atoms with Crippen LogP contribution < -0.4 is 5.32 Å². The maximum Gasteiger partial charge on any atom is 0.162 e. The summed E-state index contributed by atoms with van der Waals surface area (Å²) in [5, 5.41) is 5.52. The van der Waals surface area contributed by atoms with Gasteiger partial charge in [0.15, 0.2) is 5.82 Å². The summed E-state index contributed by atoms with van der Waals surface area (Å²) < 4.78 is 0. The summed E-state index contributed by atoms with van der Waals surface area (Å²) in [6, 6.07) is 16.4. The smallest absolute Gasteiger partial charge is 0.162 e. The molecule has 0 saturated heterocycles. The van der Waals surface area contributed by atoms with Gasteiger partial charge >= 0.3 is 0 Å². The molecule has 1 aliphatic carbocycles. The van der Waals surface area contributed by atoms with E-state index in [9.17, 15) is 0 Å². The molecule has 1 fully saturated rings. The van der Waals surface area contributed by atoms with E-state index >= 15 is 0 Å². The van der Waals surface area contributed by atoms with E-state index < -0.39 is 0 Å². The second-order valence-corrected chi connectivity index (χ2v) is 7.37. The highest BCUT2D eigenvalue weighted by molar-refractivity contribution is 6.30. The molecule has 3 nitrogen and oxygen atoms in total. The fourth-order valence-electron chi connectivity index (χ4n) is 3.62. The number of hydrogen-bond acceptors (Lipinski definition) is 3. The number of nitrogens with one attached hydrogen (secondary N) is 1. The first-order chi connectivity index (χ1) is 12.2. The molecule has 1 heterocycles. The first kappa shape index (κ1) is 16.3. The third-order valence-electron chi connectivity index (χ3n) is 5.14. The summed E-state index contributed by atoms with van der Waals surface area (Å²) in [5.41, 5.74) is 1.95. The van der Waals surface area contributed by atoms with Crippen molar-refractivity contribution in [1.29, 1.82) is 0 Å². The molecule has 128 valence electrons. The van der Waals surface area contributed by atoms with Crippen LogP contribution in [0.4, 0.5) is 5.82 Å². The Bertz CT molecular complexity index is 876. The van der Waals surface area contributed by atoms with Gasteiger partial charge in [-0.2, -0.15) is 0 Å². The van der Waals surface area contributed by atoms with Gasteiger partial charge in [0.05, 0.1) is 5.52 Å². The van der Waals surface area contributed by atoms with Crippen molar-refractivity contribution in [2.75, 3.05) is 5.32 Å². The van der Waals surface area contributed by atoms with Gasteiger partial charge in [-0.05, 0) is 55.2 Å². The van der Waals surface area contributed by atoms with E-state index in [2.05, 4.69) is 18.3 Å². The zero-order valence-electron chi connectivity index (χ0n) is 14.4. The molecule has 1 aliphatic rings. The largest absolute Gasteiger partial charge is 0.366 e. The molecular weight excluding hydrogens is 330 g/mol. The molecule has 0 bridgehead atoms. The van der Waals surface area contributed by atoms with Gasteiger partial charge in [0.1, 0.15) is 5.82 Å². The van der Waals surface area contributed by atoms with Crippen LogP contribution in [-0.4, -0.2) is 16.0 Å². The Hall–Kier alpha value is -2.13. The number of benzene rings is 2. The molecule has 0 amide bonds. The minimum absolute atomic E-state index is 0.477. The van der Waals surface area contributed by atoms with Crippen LogP contribution in [0.1, 0.15) is 32.6 Å². The Morgan fingerprint density at radius 3 is 2.52 bits per heavy atom. The Morgan fingerprint density at radius 1 is 0.960 bits per heavy atom. The monoisotopic (exact) mass is 351 g/mol. The molecule has 4 rings (SSSR count). The predicted molar refractivity (Wildman–Crippen MR) is 105 cm³/mol. The first-order valence-electron chi connectivity index (χ1n) is 9.00. The van der Waals surface area contributed by atoms with E-state index in [0.717, 1.165) is 33.1 Å². The van der Waals surface area contributed by atoms with Crippen molar-refractivity contribution in [3.8, 4) is 11.4 Å². The fraction of sp³-hybridized carbons (Fsp3) is 0.333. The van der Waals surface area contributed by atoms with Crippen molar-refractivity contribution in [2.24, 2.45) is 5.92 Å². The van der Waals surface area contributed by atoms with Crippen LogP contribution in [0.2, 0.25) is 5.02 Å². The lowest BCUT2D eigenvalue weighted by atomic mass is 9.86. The normalized spacial score (nSPS) is 20.6. The first-order valence-corrected chi connectivity index (χ1v) is 9.38. The Kier molecular flexibility index (Phi) is 4.58. The highest BCUT2D eigenvalue weighted by Gasteiger charge is 2.22. The average Bonchev–Trinajstić information content (AvgIpc) is 2.64. The van der Waals surface area contributed by atoms with Gasteiger partial charge < -0.3 is 5.32 Å². The zero-order valence-corrected chi connectivity index (χ0v) is 15.1. The summed E-state index contributed by atoms with van der Waals surface area (Å²) >= 11 is 6.02. The van der Waals surface area contributed by atoms with E-state index in [4.69, 9.17) is 21.6 Å². The molecule has 0 aliphatic heterocycles. The van der Waals surface area contributed by atoms with E-state index in [-0.39, 0.29) is 0 Å². The van der Waals surface area contributed by atoms with E-state index in [1.54, 1.807) is 0 Å². The lowest BCUT2D eigenvalue weighted by Crippen LogP contribution is -2.30. The summed E-state index contributed by atoms with van der Waals surface area (Å²) in [4.78, 5) is 9.62. The van der Waals surface area contributed by atoms with Crippen LogP contribution in [0, 0.1) is 5.92 Å². The summed E-state index contributed by atoms with van der Waals surface area (Å²) in [6.45, 7) is 2.33. The summed E-state index contributed by atoms with van der Waals surface area (Å²) in [6.07, 6.45) is 5.11. The lowest BCUT2D eigenvalue weighted by molar-refractivity contribution is 0.349. The zero-order chi connectivity index (χ0) is 17.2. The summed E-state index contributed by atoms with van der Waals surface area (Å²) in [5.74, 6) is 2.34. The van der Waals surface area contributed by atoms with Crippen molar-refractivity contribution in [3.63, 3.8) is 0 Å². The second kappa shape index (κ2) is 7.01. The molecule has 1 saturated carbocycles. The molecule has 0 spiro atoms. The van der Waals surface area contributed by atoms with Gasteiger partial charge in [0.25, 0.3) is 0 Å². The molecule has 2 atom stereocenters.